The smallest absolute Gasteiger partial charge is 0.251 e. The fourth-order valence-electron chi connectivity index (χ4n) is 4.87. The fourth-order valence-corrected chi connectivity index (χ4v) is 4.87. The van der Waals surface area contributed by atoms with Crippen molar-refractivity contribution in [3.8, 4) is 0 Å². The van der Waals surface area contributed by atoms with Gasteiger partial charge >= 0.3 is 0 Å². The van der Waals surface area contributed by atoms with Gasteiger partial charge < -0.3 is 15.1 Å². The summed E-state index contributed by atoms with van der Waals surface area (Å²) < 4.78 is 0. The summed E-state index contributed by atoms with van der Waals surface area (Å²) in [6.07, 6.45) is 4.98. The van der Waals surface area contributed by atoms with E-state index in [0.29, 0.717) is 37.9 Å². The van der Waals surface area contributed by atoms with Crippen molar-refractivity contribution in [3.63, 3.8) is 0 Å². The summed E-state index contributed by atoms with van der Waals surface area (Å²) in [5, 5.41) is 3.05. The zero-order chi connectivity index (χ0) is 23.0. The van der Waals surface area contributed by atoms with Crippen molar-refractivity contribution < 1.29 is 14.4 Å². The SMILES string of the molecule is O=C(NC(C(=O)N1CCCCC1)C1CCN(C(=O)Cc2ccccc2)CC1)c1ccccc1. The van der Waals surface area contributed by atoms with E-state index >= 15 is 0 Å². The highest BCUT2D eigenvalue weighted by Gasteiger charge is 2.36. The minimum absolute atomic E-state index is 0.0212. The normalized spacial score (nSPS) is 17.9. The van der Waals surface area contributed by atoms with Crippen molar-refractivity contribution in [2.24, 2.45) is 5.92 Å². The minimum atomic E-state index is -0.554. The fraction of sp³-hybridized carbons (Fsp3) is 0.444. The maximum atomic E-state index is 13.5. The Morgan fingerprint density at radius 1 is 0.788 bits per heavy atom. The van der Waals surface area contributed by atoms with Gasteiger partial charge in [0.25, 0.3) is 5.91 Å². The van der Waals surface area contributed by atoms with Crippen LogP contribution in [0.4, 0.5) is 0 Å². The molecule has 2 saturated heterocycles. The Hall–Kier alpha value is -3.15. The van der Waals surface area contributed by atoms with Gasteiger partial charge in [0.1, 0.15) is 6.04 Å². The molecule has 1 N–H and O–H groups in total. The van der Waals surface area contributed by atoms with E-state index in [1.54, 1.807) is 12.1 Å². The Morgan fingerprint density at radius 2 is 1.39 bits per heavy atom. The Kier molecular flexibility index (Phi) is 7.76. The maximum absolute atomic E-state index is 13.5. The molecule has 1 atom stereocenters. The molecule has 174 valence electrons. The van der Waals surface area contributed by atoms with E-state index in [2.05, 4.69) is 5.32 Å². The third-order valence-corrected chi connectivity index (χ3v) is 6.82. The van der Waals surface area contributed by atoms with Crippen LogP contribution in [0.3, 0.4) is 0 Å². The van der Waals surface area contributed by atoms with Crippen molar-refractivity contribution >= 4 is 17.7 Å². The molecule has 2 heterocycles. The third kappa shape index (κ3) is 6.01. The molecule has 1 unspecified atom stereocenters. The molecule has 4 rings (SSSR count). The number of nitrogens with one attached hydrogen (secondary N) is 1. The summed E-state index contributed by atoms with van der Waals surface area (Å²) in [5.74, 6) is -0.0543. The van der Waals surface area contributed by atoms with Crippen molar-refractivity contribution in [2.45, 2.75) is 44.6 Å². The first kappa shape index (κ1) is 23.0. The molecule has 0 saturated carbocycles. The second kappa shape index (κ2) is 11.1. The van der Waals surface area contributed by atoms with E-state index in [0.717, 1.165) is 37.9 Å². The Bertz CT molecular complexity index is 934. The average molecular weight is 448 g/mol. The van der Waals surface area contributed by atoms with Crippen LogP contribution in [-0.2, 0) is 16.0 Å². The second-order valence-electron chi connectivity index (χ2n) is 9.08. The van der Waals surface area contributed by atoms with Crippen LogP contribution in [0.1, 0.15) is 48.0 Å². The molecule has 6 heteroatoms. The summed E-state index contributed by atoms with van der Waals surface area (Å²) in [6, 6.07) is 18.3. The summed E-state index contributed by atoms with van der Waals surface area (Å²) in [5.41, 5.74) is 1.57. The van der Waals surface area contributed by atoms with Gasteiger partial charge in [-0.1, -0.05) is 48.5 Å². The van der Waals surface area contributed by atoms with Crippen LogP contribution in [0.2, 0.25) is 0 Å². The number of carbonyl (C=O) groups excluding carboxylic acids is 3. The second-order valence-corrected chi connectivity index (χ2v) is 9.08. The molecular formula is C27H33N3O3. The highest BCUT2D eigenvalue weighted by molar-refractivity contribution is 5.97. The van der Waals surface area contributed by atoms with E-state index in [1.807, 2.05) is 58.3 Å². The lowest BCUT2D eigenvalue weighted by molar-refractivity contribution is -0.136. The molecule has 0 aromatic heterocycles. The van der Waals surface area contributed by atoms with Gasteiger partial charge in [0.2, 0.25) is 11.8 Å². The monoisotopic (exact) mass is 447 g/mol. The van der Waals surface area contributed by atoms with Gasteiger partial charge in [-0.15, -0.1) is 0 Å². The molecule has 0 aliphatic carbocycles. The zero-order valence-electron chi connectivity index (χ0n) is 19.1. The number of hydrogen-bond donors (Lipinski definition) is 1. The Balaban J connectivity index is 1.41. The lowest BCUT2D eigenvalue weighted by Gasteiger charge is -2.38. The predicted octanol–water partition coefficient (Wildman–Crippen LogP) is 3.28. The summed E-state index contributed by atoms with van der Waals surface area (Å²) >= 11 is 0. The third-order valence-electron chi connectivity index (χ3n) is 6.82. The largest absolute Gasteiger partial charge is 0.342 e. The molecule has 0 bridgehead atoms. The highest BCUT2D eigenvalue weighted by atomic mass is 16.2. The number of carbonyl (C=O) groups is 3. The van der Waals surface area contributed by atoms with E-state index in [1.165, 1.54) is 0 Å². The first-order chi connectivity index (χ1) is 16.1. The molecule has 2 aromatic carbocycles. The topological polar surface area (TPSA) is 69.7 Å². The van der Waals surface area contributed by atoms with E-state index in [9.17, 15) is 14.4 Å². The van der Waals surface area contributed by atoms with Gasteiger partial charge in [0.15, 0.2) is 0 Å². The van der Waals surface area contributed by atoms with Crippen LogP contribution in [-0.4, -0.2) is 59.7 Å². The van der Waals surface area contributed by atoms with Gasteiger partial charge in [-0.25, -0.2) is 0 Å². The number of piperidine rings is 2. The van der Waals surface area contributed by atoms with Crippen molar-refractivity contribution in [1.29, 1.82) is 0 Å². The molecule has 0 spiro atoms. The number of likely N-dealkylation sites (tertiary alicyclic amines) is 2. The maximum Gasteiger partial charge on any atom is 0.251 e. The van der Waals surface area contributed by atoms with Gasteiger partial charge in [-0.3, -0.25) is 14.4 Å². The number of amides is 3. The highest BCUT2D eigenvalue weighted by Crippen LogP contribution is 2.24. The lowest BCUT2D eigenvalue weighted by Crippen LogP contribution is -2.55. The standard InChI is InChI=1S/C27H33N3O3/c31-24(20-21-10-4-1-5-11-21)29-18-14-22(15-19-29)25(27(33)30-16-8-3-9-17-30)28-26(32)23-12-6-2-7-13-23/h1-2,4-7,10-13,22,25H,3,8-9,14-20H2,(H,28,32). The van der Waals surface area contributed by atoms with Crippen LogP contribution in [0, 0.1) is 5.92 Å². The molecule has 2 aliphatic heterocycles. The number of hydrogen-bond acceptors (Lipinski definition) is 3. The number of benzene rings is 2. The van der Waals surface area contributed by atoms with Crippen molar-refractivity contribution in [2.75, 3.05) is 26.2 Å². The average Bonchev–Trinajstić information content (AvgIpc) is 2.88. The first-order valence-electron chi connectivity index (χ1n) is 12.1. The van der Waals surface area contributed by atoms with Crippen LogP contribution in [0.15, 0.2) is 60.7 Å². The van der Waals surface area contributed by atoms with E-state index in [-0.39, 0.29) is 23.6 Å². The van der Waals surface area contributed by atoms with Crippen LogP contribution in [0.5, 0.6) is 0 Å². The van der Waals surface area contributed by atoms with E-state index < -0.39 is 6.04 Å². The molecule has 3 amide bonds. The quantitative estimate of drug-likeness (QED) is 0.739. The molecule has 33 heavy (non-hydrogen) atoms. The molecule has 0 radical (unpaired) electrons. The van der Waals surface area contributed by atoms with Gasteiger partial charge in [0.05, 0.1) is 6.42 Å². The summed E-state index contributed by atoms with van der Waals surface area (Å²) in [6.45, 7) is 2.73. The van der Waals surface area contributed by atoms with Crippen molar-refractivity contribution in [3.05, 3.63) is 71.8 Å². The van der Waals surface area contributed by atoms with Crippen LogP contribution in [0.25, 0.3) is 0 Å². The first-order valence-corrected chi connectivity index (χ1v) is 12.1. The van der Waals surface area contributed by atoms with E-state index in [4.69, 9.17) is 0 Å². The molecule has 6 nitrogen and oxygen atoms in total. The van der Waals surface area contributed by atoms with Gasteiger partial charge in [0, 0.05) is 31.7 Å². The molecule has 2 aromatic rings. The van der Waals surface area contributed by atoms with Crippen LogP contribution < -0.4 is 5.32 Å². The Morgan fingerprint density at radius 3 is 2.03 bits per heavy atom. The number of rotatable bonds is 6. The summed E-state index contributed by atoms with van der Waals surface area (Å²) in [7, 11) is 0. The molecule has 2 aliphatic rings. The molecule has 2 fully saturated rings. The van der Waals surface area contributed by atoms with Crippen molar-refractivity contribution in [1.82, 2.24) is 15.1 Å². The van der Waals surface area contributed by atoms with Gasteiger partial charge in [-0.2, -0.15) is 0 Å². The molecular weight excluding hydrogens is 414 g/mol. The zero-order valence-corrected chi connectivity index (χ0v) is 19.1. The lowest BCUT2D eigenvalue weighted by atomic mass is 9.87. The minimum Gasteiger partial charge on any atom is -0.342 e. The van der Waals surface area contributed by atoms with Crippen LogP contribution >= 0.6 is 0 Å². The number of nitrogens with zero attached hydrogens (tertiary/aromatic N) is 2. The predicted molar refractivity (Wildman–Crippen MR) is 128 cm³/mol. The Labute approximate surface area is 196 Å². The summed E-state index contributed by atoms with van der Waals surface area (Å²) in [4.78, 5) is 42.9. The van der Waals surface area contributed by atoms with Gasteiger partial charge in [-0.05, 0) is 55.7 Å².